The van der Waals surface area contributed by atoms with Gasteiger partial charge in [-0.2, -0.15) is 0 Å². The molecule has 0 spiro atoms. The molecule has 1 amide bonds. The number of carbonyl (C=O) groups excluding carboxylic acids is 2. The topological polar surface area (TPSA) is 81.4 Å². The quantitative estimate of drug-likeness (QED) is 0.866. The molecule has 0 aliphatic rings. The van der Waals surface area contributed by atoms with E-state index in [1.54, 1.807) is 38.1 Å². The van der Waals surface area contributed by atoms with Crippen LogP contribution in [0.25, 0.3) is 0 Å². The molecular weight excluding hydrogens is 260 g/mol. The molecular formula is C14H14N2O4. The van der Waals surface area contributed by atoms with Gasteiger partial charge in [0.15, 0.2) is 5.69 Å². The standard InChI is InChI=1S/C14H14N2O4/c1-3-19-14(18)10-5-4-6-11(8-10)15-13(17)12-7-9(2)20-16-12/h4-8H,3H2,1-2H3,(H,15,17). The highest BCUT2D eigenvalue weighted by Gasteiger charge is 2.12. The number of nitrogens with one attached hydrogen (secondary N) is 1. The Labute approximate surface area is 115 Å². The van der Waals surface area contributed by atoms with E-state index in [2.05, 4.69) is 10.5 Å². The molecule has 104 valence electrons. The van der Waals surface area contributed by atoms with Crippen LogP contribution in [0.15, 0.2) is 34.9 Å². The zero-order valence-corrected chi connectivity index (χ0v) is 11.2. The zero-order valence-electron chi connectivity index (χ0n) is 11.2. The third kappa shape index (κ3) is 3.23. The summed E-state index contributed by atoms with van der Waals surface area (Å²) in [6.45, 7) is 3.73. The lowest BCUT2D eigenvalue weighted by molar-refractivity contribution is 0.0526. The maximum atomic E-state index is 11.9. The first-order valence-corrected chi connectivity index (χ1v) is 6.12. The summed E-state index contributed by atoms with van der Waals surface area (Å²) in [4.78, 5) is 23.5. The number of nitrogens with zero attached hydrogens (tertiary/aromatic N) is 1. The molecule has 20 heavy (non-hydrogen) atoms. The lowest BCUT2D eigenvalue weighted by atomic mass is 10.2. The zero-order chi connectivity index (χ0) is 14.5. The number of benzene rings is 1. The van der Waals surface area contributed by atoms with Gasteiger partial charge in [0.2, 0.25) is 0 Å². The summed E-state index contributed by atoms with van der Waals surface area (Å²) >= 11 is 0. The van der Waals surface area contributed by atoms with Crippen LogP contribution in [0, 0.1) is 6.92 Å². The number of rotatable bonds is 4. The van der Waals surface area contributed by atoms with E-state index in [4.69, 9.17) is 9.26 Å². The Morgan fingerprint density at radius 3 is 2.80 bits per heavy atom. The van der Waals surface area contributed by atoms with Gasteiger partial charge in [0.25, 0.3) is 5.91 Å². The summed E-state index contributed by atoms with van der Waals surface area (Å²) in [5.41, 5.74) is 1.05. The van der Waals surface area contributed by atoms with Crippen LogP contribution in [-0.2, 0) is 4.74 Å². The number of ether oxygens (including phenoxy) is 1. The molecule has 0 aliphatic heterocycles. The molecule has 1 aromatic carbocycles. The summed E-state index contributed by atoms with van der Waals surface area (Å²) < 4.78 is 9.73. The molecule has 2 aromatic rings. The number of amides is 1. The number of carbonyl (C=O) groups is 2. The SMILES string of the molecule is CCOC(=O)c1cccc(NC(=O)c2cc(C)on2)c1. The van der Waals surface area contributed by atoms with Gasteiger partial charge in [-0.05, 0) is 32.0 Å². The molecule has 0 aliphatic carbocycles. The van der Waals surface area contributed by atoms with Gasteiger partial charge in [-0.3, -0.25) is 4.79 Å². The molecule has 1 N–H and O–H groups in total. The fraction of sp³-hybridized carbons (Fsp3) is 0.214. The molecule has 1 heterocycles. The summed E-state index contributed by atoms with van der Waals surface area (Å²) in [5, 5.41) is 6.26. The molecule has 0 radical (unpaired) electrons. The van der Waals surface area contributed by atoms with Crippen LogP contribution >= 0.6 is 0 Å². The van der Waals surface area contributed by atoms with Crippen LogP contribution in [-0.4, -0.2) is 23.6 Å². The predicted octanol–water partition coefficient (Wildman–Crippen LogP) is 2.41. The van der Waals surface area contributed by atoms with Gasteiger partial charge < -0.3 is 14.6 Å². The first-order valence-electron chi connectivity index (χ1n) is 6.12. The smallest absolute Gasteiger partial charge is 0.338 e. The van der Waals surface area contributed by atoms with E-state index >= 15 is 0 Å². The molecule has 6 heteroatoms. The van der Waals surface area contributed by atoms with Crippen molar-refractivity contribution in [3.63, 3.8) is 0 Å². The summed E-state index contributed by atoms with van der Waals surface area (Å²) in [6.07, 6.45) is 0. The summed E-state index contributed by atoms with van der Waals surface area (Å²) in [5.74, 6) is -0.279. The van der Waals surface area contributed by atoms with E-state index in [0.29, 0.717) is 23.6 Å². The van der Waals surface area contributed by atoms with Crippen LogP contribution in [0.2, 0.25) is 0 Å². The molecule has 6 nitrogen and oxygen atoms in total. The minimum Gasteiger partial charge on any atom is -0.462 e. The number of hydrogen-bond acceptors (Lipinski definition) is 5. The van der Waals surface area contributed by atoms with E-state index in [0.717, 1.165) is 0 Å². The van der Waals surface area contributed by atoms with E-state index in [1.807, 2.05) is 0 Å². The van der Waals surface area contributed by atoms with Gasteiger partial charge in [0.05, 0.1) is 12.2 Å². The second-order valence-electron chi connectivity index (χ2n) is 4.08. The first kappa shape index (κ1) is 13.8. The maximum absolute atomic E-state index is 11.9. The Bertz CT molecular complexity index is 634. The van der Waals surface area contributed by atoms with Crippen molar-refractivity contribution < 1.29 is 18.8 Å². The Kier molecular flexibility index (Phi) is 4.14. The van der Waals surface area contributed by atoms with Gasteiger partial charge in [-0.15, -0.1) is 0 Å². The average molecular weight is 274 g/mol. The fourth-order valence-corrected chi connectivity index (χ4v) is 1.61. The second kappa shape index (κ2) is 6.01. The summed E-state index contributed by atoms with van der Waals surface area (Å²) in [7, 11) is 0. The van der Waals surface area contributed by atoms with E-state index in [1.165, 1.54) is 6.07 Å². The van der Waals surface area contributed by atoms with Crippen molar-refractivity contribution in [3.8, 4) is 0 Å². The van der Waals surface area contributed by atoms with Crippen LogP contribution in [0.4, 0.5) is 5.69 Å². The monoisotopic (exact) mass is 274 g/mol. The van der Waals surface area contributed by atoms with Gasteiger partial charge >= 0.3 is 5.97 Å². The van der Waals surface area contributed by atoms with Gasteiger partial charge in [-0.1, -0.05) is 11.2 Å². The first-order chi connectivity index (χ1) is 9.60. The lowest BCUT2D eigenvalue weighted by Gasteiger charge is -2.05. The van der Waals surface area contributed by atoms with Crippen molar-refractivity contribution in [1.82, 2.24) is 5.16 Å². The van der Waals surface area contributed by atoms with Gasteiger partial charge in [-0.25, -0.2) is 4.79 Å². The van der Waals surface area contributed by atoms with Crippen molar-refractivity contribution in [2.45, 2.75) is 13.8 Å². The van der Waals surface area contributed by atoms with Crippen molar-refractivity contribution in [3.05, 3.63) is 47.3 Å². The van der Waals surface area contributed by atoms with Crippen molar-refractivity contribution >= 4 is 17.6 Å². The highest BCUT2D eigenvalue weighted by molar-refractivity contribution is 6.03. The molecule has 0 unspecified atom stereocenters. The largest absolute Gasteiger partial charge is 0.462 e. The Morgan fingerprint density at radius 2 is 2.15 bits per heavy atom. The third-order valence-electron chi connectivity index (χ3n) is 2.49. The van der Waals surface area contributed by atoms with Crippen molar-refractivity contribution in [2.24, 2.45) is 0 Å². The Hall–Kier alpha value is -2.63. The maximum Gasteiger partial charge on any atom is 0.338 e. The normalized spacial score (nSPS) is 10.1. The number of hydrogen-bond donors (Lipinski definition) is 1. The summed E-state index contributed by atoms with van der Waals surface area (Å²) in [6, 6.07) is 8.03. The second-order valence-corrected chi connectivity index (χ2v) is 4.08. The predicted molar refractivity (Wildman–Crippen MR) is 71.6 cm³/mol. The highest BCUT2D eigenvalue weighted by atomic mass is 16.5. The lowest BCUT2D eigenvalue weighted by Crippen LogP contribution is -2.13. The van der Waals surface area contributed by atoms with E-state index in [-0.39, 0.29) is 5.69 Å². The van der Waals surface area contributed by atoms with Crippen LogP contribution < -0.4 is 5.32 Å². The Morgan fingerprint density at radius 1 is 1.35 bits per heavy atom. The molecule has 2 rings (SSSR count). The number of anilines is 1. The molecule has 0 saturated carbocycles. The van der Waals surface area contributed by atoms with Crippen molar-refractivity contribution in [2.75, 3.05) is 11.9 Å². The minimum atomic E-state index is -0.430. The van der Waals surface area contributed by atoms with Crippen LogP contribution in [0.3, 0.4) is 0 Å². The molecule has 0 saturated heterocycles. The molecule has 0 bridgehead atoms. The van der Waals surface area contributed by atoms with E-state index < -0.39 is 11.9 Å². The van der Waals surface area contributed by atoms with Gasteiger partial charge in [0, 0.05) is 11.8 Å². The average Bonchev–Trinajstić information content (AvgIpc) is 2.86. The van der Waals surface area contributed by atoms with Crippen molar-refractivity contribution in [1.29, 1.82) is 0 Å². The molecule has 0 atom stereocenters. The Balaban J connectivity index is 2.12. The van der Waals surface area contributed by atoms with Crippen LogP contribution in [0.1, 0.15) is 33.5 Å². The third-order valence-corrected chi connectivity index (χ3v) is 2.49. The highest BCUT2D eigenvalue weighted by Crippen LogP contribution is 2.13. The van der Waals surface area contributed by atoms with Crippen LogP contribution in [0.5, 0.6) is 0 Å². The fourth-order valence-electron chi connectivity index (χ4n) is 1.61. The number of aromatic nitrogens is 1. The van der Waals surface area contributed by atoms with E-state index in [9.17, 15) is 9.59 Å². The van der Waals surface area contributed by atoms with Gasteiger partial charge in [0.1, 0.15) is 5.76 Å². The molecule has 1 aromatic heterocycles. The number of esters is 1. The number of aryl methyl sites for hydroxylation is 1. The molecule has 0 fully saturated rings. The minimum absolute atomic E-state index is 0.184.